The molecule has 0 spiro atoms. The van der Waals surface area contributed by atoms with E-state index in [1.54, 1.807) is 0 Å². The summed E-state index contributed by atoms with van der Waals surface area (Å²) in [6.45, 7) is 9.02. The number of carbonyl (C=O) groups is 1. The molecule has 5 heteroatoms. The van der Waals surface area contributed by atoms with Gasteiger partial charge >= 0.3 is 5.97 Å². The van der Waals surface area contributed by atoms with E-state index in [0.29, 0.717) is 26.1 Å². The van der Waals surface area contributed by atoms with Gasteiger partial charge in [-0.1, -0.05) is 0 Å². The lowest BCUT2D eigenvalue weighted by atomic mass is 9.79. The van der Waals surface area contributed by atoms with Gasteiger partial charge in [0.05, 0.1) is 25.4 Å². The van der Waals surface area contributed by atoms with Crippen LogP contribution in [0.4, 0.5) is 0 Å². The van der Waals surface area contributed by atoms with Crippen molar-refractivity contribution in [2.75, 3.05) is 13.2 Å². The van der Waals surface area contributed by atoms with Crippen LogP contribution in [-0.2, 0) is 14.3 Å². The van der Waals surface area contributed by atoms with Crippen LogP contribution < -0.4 is 5.32 Å². The van der Waals surface area contributed by atoms with Crippen molar-refractivity contribution < 1.29 is 19.4 Å². The summed E-state index contributed by atoms with van der Waals surface area (Å²) in [5.41, 5.74) is -0.837. The zero-order valence-electron chi connectivity index (χ0n) is 13.1. The zero-order valence-corrected chi connectivity index (χ0v) is 13.1. The Bertz CT molecular complexity index is 306. The second-order valence-electron chi connectivity index (χ2n) is 6.19. The monoisotopic (exact) mass is 287 g/mol. The first-order valence-corrected chi connectivity index (χ1v) is 7.60. The van der Waals surface area contributed by atoms with Crippen LogP contribution in [0.1, 0.15) is 53.4 Å². The summed E-state index contributed by atoms with van der Waals surface area (Å²) >= 11 is 0. The molecule has 2 N–H and O–H groups in total. The van der Waals surface area contributed by atoms with E-state index in [2.05, 4.69) is 5.32 Å². The summed E-state index contributed by atoms with van der Waals surface area (Å²) in [4.78, 5) is 11.6. The van der Waals surface area contributed by atoms with Crippen LogP contribution in [-0.4, -0.2) is 48.1 Å². The predicted octanol–water partition coefficient (Wildman–Crippen LogP) is 2.19. The van der Waals surface area contributed by atoms with E-state index in [4.69, 9.17) is 9.47 Å². The van der Waals surface area contributed by atoms with E-state index in [-0.39, 0.29) is 18.2 Å². The summed E-state index contributed by atoms with van der Waals surface area (Å²) in [5.74, 6) is -0.766. The minimum absolute atomic E-state index is 0.00172. The van der Waals surface area contributed by atoms with E-state index < -0.39 is 11.5 Å². The maximum atomic E-state index is 11.6. The Labute approximate surface area is 122 Å². The van der Waals surface area contributed by atoms with Gasteiger partial charge in [0.2, 0.25) is 0 Å². The molecule has 118 valence electrons. The highest BCUT2D eigenvalue weighted by atomic mass is 16.5. The number of nitrogens with one attached hydrogen (secondary N) is 1. The first-order chi connectivity index (χ1) is 9.35. The molecule has 0 aromatic carbocycles. The van der Waals surface area contributed by atoms with Crippen molar-refractivity contribution >= 4 is 5.97 Å². The fraction of sp³-hybridized carbons (Fsp3) is 0.933. The van der Waals surface area contributed by atoms with Gasteiger partial charge in [-0.15, -0.1) is 0 Å². The Morgan fingerprint density at radius 3 is 2.60 bits per heavy atom. The highest BCUT2D eigenvalue weighted by Gasteiger charge is 2.43. The van der Waals surface area contributed by atoms with Crippen LogP contribution in [0.3, 0.4) is 0 Å². The third kappa shape index (κ3) is 5.38. The Morgan fingerprint density at radius 1 is 1.35 bits per heavy atom. The van der Waals surface area contributed by atoms with Crippen LogP contribution in [0.25, 0.3) is 0 Å². The highest BCUT2D eigenvalue weighted by Crippen LogP contribution is 2.31. The van der Waals surface area contributed by atoms with Crippen molar-refractivity contribution in [1.82, 2.24) is 5.32 Å². The minimum Gasteiger partial charge on any atom is -0.480 e. The topological polar surface area (TPSA) is 67.8 Å². The van der Waals surface area contributed by atoms with Crippen LogP contribution in [0.2, 0.25) is 0 Å². The van der Waals surface area contributed by atoms with E-state index in [1.807, 2.05) is 27.7 Å². The van der Waals surface area contributed by atoms with E-state index in [0.717, 1.165) is 12.8 Å². The van der Waals surface area contributed by atoms with Crippen LogP contribution in [0.15, 0.2) is 0 Å². The largest absolute Gasteiger partial charge is 0.480 e. The van der Waals surface area contributed by atoms with E-state index in [1.165, 1.54) is 0 Å². The predicted molar refractivity (Wildman–Crippen MR) is 77.9 cm³/mol. The zero-order chi connectivity index (χ0) is 15.2. The van der Waals surface area contributed by atoms with E-state index >= 15 is 0 Å². The number of ether oxygens (including phenoxy) is 2. The van der Waals surface area contributed by atoms with Gasteiger partial charge in [-0.3, -0.25) is 10.1 Å². The van der Waals surface area contributed by atoms with Gasteiger partial charge in [0.1, 0.15) is 5.54 Å². The second kappa shape index (κ2) is 7.96. The van der Waals surface area contributed by atoms with Crippen molar-refractivity contribution in [2.24, 2.45) is 0 Å². The molecular weight excluding hydrogens is 258 g/mol. The summed E-state index contributed by atoms with van der Waals surface area (Å²) in [5, 5.41) is 12.8. The van der Waals surface area contributed by atoms with Crippen molar-refractivity contribution in [2.45, 2.75) is 77.2 Å². The third-order valence-corrected chi connectivity index (χ3v) is 3.57. The Kier molecular flexibility index (Phi) is 6.92. The average Bonchev–Trinajstić information content (AvgIpc) is 2.34. The van der Waals surface area contributed by atoms with Gasteiger partial charge in [-0.25, -0.2) is 0 Å². The van der Waals surface area contributed by atoms with Crippen LogP contribution in [0.5, 0.6) is 0 Å². The Hall–Kier alpha value is -0.650. The molecule has 0 saturated heterocycles. The molecule has 0 amide bonds. The fourth-order valence-corrected chi connectivity index (χ4v) is 2.80. The van der Waals surface area contributed by atoms with Gasteiger partial charge in [-0.2, -0.15) is 0 Å². The molecule has 1 rings (SSSR count). The quantitative estimate of drug-likeness (QED) is 0.670. The molecule has 0 aromatic heterocycles. The number of carboxylic acids is 1. The maximum absolute atomic E-state index is 11.6. The Balaban J connectivity index is 2.48. The first-order valence-electron chi connectivity index (χ1n) is 7.60. The smallest absolute Gasteiger partial charge is 0.324 e. The molecule has 0 bridgehead atoms. The molecule has 0 radical (unpaired) electrons. The summed E-state index contributed by atoms with van der Waals surface area (Å²) in [6, 6.07) is 0.147. The molecule has 1 aliphatic rings. The lowest BCUT2D eigenvalue weighted by molar-refractivity contribution is -0.150. The summed E-state index contributed by atoms with van der Waals surface area (Å²) in [7, 11) is 0. The normalized spacial score (nSPS) is 27.2. The number of hydrogen-bond acceptors (Lipinski definition) is 4. The van der Waals surface area contributed by atoms with Crippen molar-refractivity contribution in [3.05, 3.63) is 0 Å². The van der Waals surface area contributed by atoms with Gasteiger partial charge < -0.3 is 14.6 Å². The van der Waals surface area contributed by atoms with Gasteiger partial charge in [0.15, 0.2) is 0 Å². The third-order valence-electron chi connectivity index (χ3n) is 3.57. The molecule has 2 unspecified atom stereocenters. The number of hydrogen-bond donors (Lipinski definition) is 2. The maximum Gasteiger partial charge on any atom is 0.324 e. The molecule has 20 heavy (non-hydrogen) atoms. The number of rotatable bonds is 8. The highest BCUT2D eigenvalue weighted by molar-refractivity contribution is 5.79. The van der Waals surface area contributed by atoms with Gasteiger partial charge in [0, 0.05) is 12.5 Å². The van der Waals surface area contributed by atoms with Crippen LogP contribution >= 0.6 is 0 Å². The summed E-state index contributed by atoms with van der Waals surface area (Å²) < 4.78 is 11.2. The number of carboxylic acid groups (broad SMARTS) is 1. The lowest BCUT2D eigenvalue weighted by Gasteiger charge is -2.39. The molecule has 1 saturated carbocycles. The molecule has 1 fully saturated rings. The minimum atomic E-state index is -0.837. The van der Waals surface area contributed by atoms with Gasteiger partial charge in [-0.05, 0) is 47.0 Å². The molecule has 0 heterocycles. The molecule has 1 aliphatic carbocycles. The summed E-state index contributed by atoms with van der Waals surface area (Å²) in [6.07, 6.45) is 3.20. The standard InChI is InChI=1S/C15H29NO4/c1-11(2)16-15(14(17)18)7-5-6-13(10-15)20-9-8-19-12(3)4/h11-13,16H,5-10H2,1-4H3,(H,17,18). The van der Waals surface area contributed by atoms with Crippen molar-refractivity contribution in [1.29, 1.82) is 0 Å². The van der Waals surface area contributed by atoms with Crippen LogP contribution in [0, 0.1) is 0 Å². The average molecular weight is 287 g/mol. The molecular formula is C15H29NO4. The fourth-order valence-electron chi connectivity index (χ4n) is 2.80. The lowest BCUT2D eigenvalue weighted by Crippen LogP contribution is -2.58. The van der Waals surface area contributed by atoms with E-state index in [9.17, 15) is 9.90 Å². The Morgan fingerprint density at radius 2 is 2.05 bits per heavy atom. The van der Waals surface area contributed by atoms with Crippen molar-refractivity contribution in [3.63, 3.8) is 0 Å². The molecule has 2 atom stereocenters. The molecule has 5 nitrogen and oxygen atoms in total. The van der Waals surface area contributed by atoms with Crippen molar-refractivity contribution in [3.8, 4) is 0 Å². The van der Waals surface area contributed by atoms with Gasteiger partial charge in [0.25, 0.3) is 0 Å². The molecule has 0 aromatic rings. The molecule has 0 aliphatic heterocycles. The number of aliphatic carboxylic acids is 1. The SMILES string of the molecule is CC(C)NC1(C(=O)O)CCCC(OCCOC(C)C)C1. The first kappa shape index (κ1) is 17.4. The second-order valence-corrected chi connectivity index (χ2v) is 6.19.